The molecule has 0 aromatic rings. The van der Waals surface area contributed by atoms with E-state index in [2.05, 4.69) is 5.32 Å². The topological polar surface area (TPSA) is 84.9 Å². The van der Waals surface area contributed by atoms with Crippen LogP contribution >= 0.6 is 0 Å². The summed E-state index contributed by atoms with van der Waals surface area (Å²) in [7, 11) is 0. The molecule has 19 heavy (non-hydrogen) atoms. The number of aliphatic hydroxyl groups is 1. The van der Waals surface area contributed by atoms with Crippen molar-refractivity contribution in [3.05, 3.63) is 0 Å². The lowest BCUT2D eigenvalue weighted by Crippen LogP contribution is -2.56. The lowest BCUT2D eigenvalue weighted by molar-refractivity contribution is -0.168. The highest BCUT2D eigenvalue weighted by Gasteiger charge is 2.41. The van der Waals surface area contributed by atoms with Crippen LogP contribution in [0.1, 0.15) is 53.4 Å². The maximum absolute atomic E-state index is 11.8. The molecule has 1 saturated carbocycles. The molecule has 0 heterocycles. The van der Waals surface area contributed by atoms with Gasteiger partial charge < -0.3 is 14.6 Å². The summed E-state index contributed by atoms with van der Waals surface area (Å²) in [5, 5.41) is 12.3. The van der Waals surface area contributed by atoms with Gasteiger partial charge in [-0.25, -0.2) is 4.79 Å². The third-order valence-corrected chi connectivity index (χ3v) is 2.75. The average molecular weight is 273 g/mol. The van der Waals surface area contributed by atoms with Crippen LogP contribution in [0.4, 0.5) is 4.79 Å². The van der Waals surface area contributed by atoms with Gasteiger partial charge in [0.2, 0.25) is 0 Å². The molecule has 0 radical (unpaired) electrons. The van der Waals surface area contributed by atoms with Crippen LogP contribution in [0.2, 0.25) is 0 Å². The number of rotatable bonds is 2. The highest BCUT2D eigenvalue weighted by Crippen LogP contribution is 2.30. The second-order valence-corrected chi connectivity index (χ2v) is 5.97. The van der Waals surface area contributed by atoms with Crippen LogP contribution in [-0.4, -0.2) is 34.6 Å². The average Bonchev–Trinajstić information content (AvgIpc) is 2.11. The molecule has 1 rings (SSSR count). The van der Waals surface area contributed by atoms with Crippen LogP contribution < -0.4 is 5.32 Å². The van der Waals surface area contributed by atoms with E-state index in [1.807, 2.05) is 0 Å². The van der Waals surface area contributed by atoms with E-state index in [1.54, 1.807) is 20.8 Å². The van der Waals surface area contributed by atoms with Crippen molar-refractivity contribution in [3.63, 3.8) is 0 Å². The van der Waals surface area contributed by atoms with Gasteiger partial charge in [-0.3, -0.25) is 10.1 Å². The van der Waals surface area contributed by atoms with Gasteiger partial charge in [-0.05, 0) is 33.6 Å². The predicted molar refractivity (Wildman–Crippen MR) is 68.3 cm³/mol. The van der Waals surface area contributed by atoms with Crippen molar-refractivity contribution in [2.45, 2.75) is 70.8 Å². The SMILES string of the molecule is CC(=O)O[C@@]1(NC(=O)OC(C)(C)C)CCCC(O)C1. The summed E-state index contributed by atoms with van der Waals surface area (Å²) >= 11 is 0. The van der Waals surface area contributed by atoms with Crippen LogP contribution in [0.5, 0.6) is 0 Å². The Morgan fingerprint density at radius 3 is 2.47 bits per heavy atom. The van der Waals surface area contributed by atoms with Gasteiger partial charge in [-0.15, -0.1) is 0 Å². The molecule has 0 aliphatic heterocycles. The second kappa shape index (κ2) is 5.77. The van der Waals surface area contributed by atoms with Crippen molar-refractivity contribution in [1.82, 2.24) is 5.32 Å². The lowest BCUT2D eigenvalue weighted by Gasteiger charge is -2.39. The summed E-state index contributed by atoms with van der Waals surface area (Å²) in [6.45, 7) is 6.53. The van der Waals surface area contributed by atoms with Crippen LogP contribution in [0.25, 0.3) is 0 Å². The molecular weight excluding hydrogens is 250 g/mol. The standard InChI is InChI=1S/C13H23NO5/c1-9(15)18-13(7-5-6-10(16)8-13)14-11(17)19-12(2,3)4/h10,16H,5-8H2,1-4H3,(H,14,17)/t10?,13-/m0/s1. The van der Waals surface area contributed by atoms with Crippen molar-refractivity contribution in [1.29, 1.82) is 0 Å². The minimum absolute atomic E-state index is 0.186. The van der Waals surface area contributed by atoms with Gasteiger partial charge in [-0.1, -0.05) is 0 Å². The Hall–Kier alpha value is -1.30. The zero-order valence-corrected chi connectivity index (χ0v) is 12.0. The molecule has 0 saturated heterocycles. The molecule has 0 aromatic heterocycles. The highest BCUT2D eigenvalue weighted by atomic mass is 16.6. The van der Waals surface area contributed by atoms with E-state index in [0.717, 1.165) is 0 Å². The molecule has 1 amide bonds. The largest absolute Gasteiger partial charge is 0.444 e. The van der Waals surface area contributed by atoms with E-state index >= 15 is 0 Å². The lowest BCUT2D eigenvalue weighted by atomic mass is 9.89. The fourth-order valence-corrected chi connectivity index (χ4v) is 2.20. The van der Waals surface area contributed by atoms with Crippen LogP contribution in [0, 0.1) is 0 Å². The quantitative estimate of drug-likeness (QED) is 0.591. The number of amides is 1. The van der Waals surface area contributed by atoms with Crippen LogP contribution in [0.3, 0.4) is 0 Å². The first-order valence-corrected chi connectivity index (χ1v) is 6.51. The molecule has 0 spiro atoms. The fraction of sp³-hybridized carbons (Fsp3) is 0.846. The zero-order valence-electron chi connectivity index (χ0n) is 12.0. The minimum Gasteiger partial charge on any atom is -0.444 e. The Labute approximate surface area is 113 Å². The molecule has 0 aromatic carbocycles. The number of nitrogens with one attached hydrogen (secondary N) is 1. The number of ether oxygens (including phenoxy) is 2. The number of carbonyl (C=O) groups is 2. The molecular formula is C13H23NO5. The first kappa shape index (κ1) is 15.8. The van der Waals surface area contributed by atoms with Gasteiger partial charge in [0.25, 0.3) is 0 Å². The summed E-state index contributed by atoms with van der Waals surface area (Å²) in [5.41, 5.74) is -1.79. The molecule has 2 atom stereocenters. The van der Waals surface area contributed by atoms with Gasteiger partial charge in [-0.2, -0.15) is 0 Å². The van der Waals surface area contributed by atoms with Crippen molar-refractivity contribution >= 4 is 12.1 Å². The molecule has 1 aliphatic carbocycles. The highest BCUT2D eigenvalue weighted by molar-refractivity contribution is 5.70. The summed E-state index contributed by atoms with van der Waals surface area (Å²) in [6, 6.07) is 0. The summed E-state index contributed by atoms with van der Waals surface area (Å²) in [5.74, 6) is -0.495. The molecule has 6 heteroatoms. The molecule has 6 nitrogen and oxygen atoms in total. The molecule has 0 bridgehead atoms. The Morgan fingerprint density at radius 1 is 1.37 bits per heavy atom. The first-order chi connectivity index (χ1) is 8.62. The van der Waals surface area contributed by atoms with Gasteiger partial charge in [0.1, 0.15) is 5.60 Å². The first-order valence-electron chi connectivity index (χ1n) is 6.51. The summed E-state index contributed by atoms with van der Waals surface area (Å²) in [6.07, 6.45) is 0.726. The van der Waals surface area contributed by atoms with Crippen LogP contribution in [0.15, 0.2) is 0 Å². The van der Waals surface area contributed by atoms with Crippen LogP contribution in [-0.2, 0) is 14.3 Å². The number of hydrogen-bond acceptors (Lipinski definition) is 5. The number of hydrogen-bond donors (Lipinski definition) is 2. The predicted octanol–water partition coefficient (Wildman–Crippen LogP) is 1.71. The second-order valence-electron chi connectivity index (χ2n) is 5.97. The van der Waals surface area contributed by atoms with E-state index in [9.17, 15) is 14.7 Å². The number of esters is 1. The van der Waals surface area contributed by atoms with Crippen molar-refractivity contribution in [3.8, 4) is 0 Å². The Morgan fingerprint density at radius 2 is 2.00 bits per heavy atom. The van der Waals surface area contributed by atoms with Gasteiger partial charge in [0.15, 0.2) is 5.72 Å². The number of alkyl carbamates (subject to hydrolysis) is 1. The molecule has 110 valence electrons. The van der Waals surface area contributed by atoms with E-state index < -0.39 is 29.5 Å². The van der Waals surface area contributed by atoms with E-state index in [4.69, 9.17) is 9.47 Å². The molecule has 1 aliphatic rings. The fourth-order valence-electron chi connectivity index (χ4n) is 2.20. The minimum atomic E-state index is -1.16. The van der Waals surface area contributed by atoms with Crippen molar-refractivity contribution in [2.24, 2.45) is 0 Å². The molecule has 1 unspecified atom stereocenters. The van der Waals surface area contributed by atoms with Crippen molar-refractivity contribution < 1.29 is 24.2 Å². The van der Waals surface area contributed by atoms with Gasteiger partial charge in [0.05, 0.1) is 6.10 Å². The third-order valence-electron chi connectivity index (χ3n) is 2.75. The van der Waals surface area contributed by atoms with E-state index in [0.29, 0.717) is 19.3 Å². The smallest absolute Gasteiger partial charge is 0.410 e. The third kappa shape index (κ3) is 5.46. The molecule has 1 fully saturated rings. The normalized spacial score (nSPS) is 27.5. The summed E-state index contributed by atoms with van der Waals surface area (Å²) in [4.78, 5) is 23.0. The maximum Gasteiger partial charge on any atom is 0.410 e. The number of aliphatic hydroxyl groups excluding tert-OH is 1. The van der Waals surface area contributed by atoms with Gasteiger partial charge >= 0.3 is 12.1 Å². The van der Waals surface area contributed by atoms with Gasteiger partial charge in [0, 0.05) is 19.8 Å². The zero-order chi connectivity index (χ0) is 14.7. The summed E-state index contributed by atoms with van der Waals surface area (Å²) < 4.78 is 10.4. The monoisotopic (exact) mass is 273 g/mol. The Balaban J connectivity index is 2.74. The number of carbonyl (C=O) groups excluding carboxylic acids is 2. The molecule has 2 N–H and O–H groups in total. The van der Waals surface area contributed by atoms with Crippen molar-refractivity contribution in [2.75, 3.05) is 0 Å². The van der Waals surface area contributed by atoms with E-state index in [-0.39, 0.29) is 6.42 Å². The Bertz CT molecular complexity index is 349. The van der Waals surface area contributed by atoms with E-state index in [1.165, 1.54) is 6.92 Å². The maximum atomic E-state index is 11.8. The Kier molecular flexibility index (Phi) is 4.79.